The van der Waals surface area contributed by atoms with Crippen molar-refractivity contribution in [2.24, 2.45) is 0 Å². The van der Waals surface area contributed by atoms with Gasteiger partial charge < -0.3 is 10.2 Å². The average molecular weight is 251 g/mol. The van der Waals surface area contributed by atoms with Crippen LogP contribution in [0.3, 0.4) is 0 Å². The highest BCUT2D eigenvalue weighted by Crippen LogP contribution is 2.28. The third kappa shape index (κ3) is 2.73. The molecular weight excluding hydrogens is 222 g/mol. The maximum Gasteiger partial charge on any atom is 0.0250 e. The van der Waals surface area contributed by atoms with Crippen LogP contribution in [-0.4, -0.2) is 60.6 Å². The summed E-state index contributed by atoms with van der Waals surface area (Å²) in [4.78, 5) is 5.35. The first-order valence-corrected chi connectivity index (χ1v) is 8.09. The van der Waals surface area contributed by atoms with Crippen molar-refractivity contribution in [2.75, 3.05) is 32.7 Å². The molecule has 3 fully saturated rings. The molecule has 18 heavy (non-hydrogen) atoms. The van der Waals surface area contributed by atoms with E-state index in [1.54, 1.807) is 0 Å². The number of hydrogen-bond acceptors (Lipinski definition) is 3. The van der Waals surface area contributed by atoms with E-state index in [1.807, 2.05) is 0 Å². The van der Waals surface area contributed by atoms with Gasteiger partial charge in [0.05, 0.1) is 0 Å². The lowest BCUT2D eigenvalue weighted by atomic mass is 10.0. The highest BCUT2D eigenvalue weighted by Gasteiger charge is 2.38. The second-order valence-corrected chi connectivity index (χ2v) is 6.42. The first kappa shape index (κ1) is 12.9. The molecule has 3 heteroatoms. The Morgan fingerprint density at radius 1 is 1.00 bits per heavy atom. The van der Waals surface area contributed by atoms with Crippen molar-refractivity contribution in [3.05, 3.63) is 0 Å². The highest BCUT2D eigenvalue weighted by atomic mass is 15.2. The number of fused-ring (bicyclic) bond motifs is 1. The molecule has 0 radical (unpaired) electrons. The van der Waals surface area contributed by atoms with Crippen LogP contribution >= 0.6 is 0 Å². The summed E-state index contributed by atoms with van der Waals surface area (Å²) in [6.45, 7) is 8.91. The quantitative estimate of drug-likeness (QED) is 0.820. The van der Waals surface area contributed by atoms with Crippen LogP contribution in [-0.2, 0) is 0 Å². The van der Waals surface area contributed by atoms with Crippen molar-refractivity contribution in [3.8, 4) is 0 Å². The van der Waals surface area contributed by atoms with Gasteiger partial charge in [0.15, 0.2) is 0 Å². The normalized spacial score (nSPS) is 35.2. The Balaban J connectivity index is 1.44. The zero-order chi connectivity index (χ0) is 12.4. The predicted molar refractivity (Wildman–Crippen MR) is 75.9 cm³/mol. The van der Waals surface area contributed by atoms with E-state index in [-0.39, 0.29) is 0 Å². The summed E-state index contributed by atoms with van der Waals surface area (Å²) >= 11 is 0. The molecule has 2 atom stereocenters. The molecule has 0 aromatic heterocycles. The summed E-state index contributed by atoms with van der Waals surface area (Å²) in [5.41, 5.74) is 0. The molecule has 0 spiro atoms. The maximum atomic E-state index is 3.98. The predicted octanol–water partition coefficient (Wildman–Crippen LogP) is 1.69. The molecule has 2 unspecified atom stereocenters. The summed E-state index contributed by atoms with van der Waals surface area (Å²) in [5.74, 6) is 0. The van der Waals surface area contributed by atoms with Crippen LogP contribution in [0.5, 0.6) is 0 Å². The Labute approximate surface area is 112 Å². The van der Waals surface area contributed by atoms with Gasteiger partial charge in [-0.1, -0.05) is 6.92 Å². The molecule has 0 saturated carbocycles. The van der Waals surface area contributed by atoms with Gasteiger partial charge in [0, 0.05) is 24.7 Å². The lowest BCUT2D eigenvalue weighted by Crippen LogP contribution is -2.49. The summed E-state index contributed by atoms with van der Waals surface area (Å²) in [7, 11) is 0. The SMILES string of the molecule is CCCN1CCC(NC2CCN3CCCC23)CC1. The van der Waals surface area contributed by atoms with Gasteiger partial charge in [0.1, 0.15) is 0 Å². The Hall–Kier alpha value is -0.120. The van der Waals surface area contributed by atoms with Crippen LogP contribution < -0.4 is 5.32 Å². The van der Waals surface area contributed by atoms with E-state index < -0.39 is 0 Å². The third-order valence-electron chi connectivity index (χ3n) is 5.18. The lowest BCUT2D eigenvalue weighted by molar-refractivity contribution is 0.184. The minimum absolute atomic E-state index is 0.795. The monoisotopic (exact) mass is 251 g/mol. The van der Waals surface area contributed by atoms with Gasteiger partial charge in [-0.15, -0.1) is 0 Å². The molecule has 1 N–H and O–H groups in total. The van der Waals surface area contributed by atoms with Crippen molar-refractivity contribution in [1.29, 1.82) is 0 Å². The maximum absolute atomic E-state index is 3.98. The summed E-state index contributed by atoms with van der Waals surface area (Å²) < 4.78 is 0. The van der Waals surface area contributed by atoms with Crippen molar-refractivity contribution < 1.29 is 0 Å². The standard InChI is InChI=1S/C15H29N3/c1-2-8-17-10-5-13(6-11-17)16-14-7-12-18-9-3-4-15(14)18/h13-16H,2-12H2,1H3. The van der Waals surface area contributed by atoms with E-state index >= 15 is 0 Å². The Morgan fingerprint density at radius 2 is 1.83 bits per heavy atom. The Bertz CT molecular complexity index is 260. The number of hydrogen-bond donors (Lipinski definition) is 1. The fraction of sp³-hybridized carbons (Fsp3) is 1.00. The van der Waals surface area contributed by atoms with Crippen LogP contribution in [0, 0.1) is 0 Å². The van der Waals surface area contributed by atoms with Crippen LogP contribution in [0.1, 0.15) is 45.4 Å². The first-order valence-electron chi connectivity index (χ1n) is 8.09. The third-order valence-corrected chi connectivity index (χ3v) is 5.18. The zero-order valence-corrected chi connectivity index (χ0v) is 11.9. The van der Waals surface area contributed by atoms with Crippen molar-refractivity contribution in [2.45, 2.75) is 63.6 Å². The molecule has 0 amide bonds. The van der Waals surface area contributed by atoms with Crippen molar-refractivity contribution in [3.63, 3.8) is 0 Å². The number of nitrogens with one attached hydrogen (secondary N) is 1. The van der Waals surface area contributed by atoms with Crippen LogP contribution in [0.2, 0.25) is 0 Å². The molecule has 3 aliphatic heterocycles. The number of likely N-dealkylation sites (tertiary alicyclic amines) is 1. The molecule has 0 aromatic carbocycles. The van der Waals surface area contributed by atoms with Crippen LogP contribution in [0.25, 0.3) is 0 Å². The molecule has 0 aromatic rings. The summed E-state index contributed by atoms with van der Waals surface area (Å²) in [5, 5.41) is 3.98. The number of piperidine rings is 1. The Morgan fingerprint density at radius 3 is 2.61 bits per heavy atom. The number of rotatable bonds is 4. The molecule has 104 valence electrons. The smallest absolute Gasteiger partial charge is 0.0250 e. The fourth-order valence-corrected chi connectivity index (χ4v) is 4.22. The first-order chi connectivity index (χ1) is 8.86. The van der Waals surface area contributed by atoms with E-state index in [0.29, 0.717) is 0 Å². The molecular formula is C15H29N3. The molecule has 0 aliphatic carbocycles. The van der Waals surface area contributed by atoms with Gasteiger partial charge in [-0.25, -0.2) is 0 Å². The molecule has 3 rings (SSSR count). The van der Waals surface area contributed by atoms with Gasteiger partial charge in [-0.2, -0.15) is 0 Å². The Kier molecular flexibility index (Phi) is 4.22. The van der Waals surface area contributed by atoms with E-state index in [9.17, 15) is 0 Å². The van der Waals surface area contributed by atoms with Crippen LogP contribution in [0.15, 0.2) is 0 Å². The van der Waals surface area contributed by atoms with Crippen molar-refractivity contribution in [1.82, 2.24) is 15.1 Å². The molecule has 3 heterocycles. The topological polar surface area (TPSA) is 18.5 Å². The van der Waals surface area contributed by atoms with Gasteiger partial charge >= 0.3 is 0 Å². The van der Waals surface area contributed by atoms with Crippen LogP contribution in [0.4, 0.5) is 0 Å². The van der Waals surface area contributed by atoms with E-state index in [4.69, 9.17) is 0 Å². The summed E-state index contributed by atoms with van der Waals surface area (Å²) in [6.07, 6.45) is 8.29. The van der Waals surface area contributed by atoms with Crippen molar-refractivity contribution >= 4 is 0 Å². The molecule has 3 aliphatic rings. The lowest BCUT2D eigenvalue weighted by Gasteiger charge is -2.34. The largest absolute Gasteiger partial charge is 0.310 e. The van der Waals surface area contributed by atoms with E-state index in [0.717, 1.165) is 18.1 Å². The fourth-order valence-electron chi connectivity index (χ4n) is 4.22. The van der Waals surface area contributed by atoms with E-state index in [2.05, 4.69) is 22.0 Å². The molecule has 3 nitrogen and oxygen atoms in total. The second-order valence-electron chi connectivity index (χ2n) is 6.42. The van der Waals surface area contributed by atoms with E-state index in [1.165, 1.54) is 71.2 Å². The van der Waals surface area contributed by atoms with Gasteiger partial charge in [-0.05, 0) is 64.7 Å². The van der Waals surface area contributed by atoms with Gasteiger partial charge in [0.25, 0.3) is 0 Å². The molecule has 3 saturated heterocycles. The second kappa shape index (κ2) is 5.89. The number of nitrogens with zero attached hydrogens (tertiary/aromatic N) is 2. The van der Waals surface area contributed by atoms with Gasteiger partial charge in [0.2, 0.25) is 0 Å². The average Bonchev–Trinajstić information content (AvgIpc) is 2.97. The minimum atomic E-state index is 0.795. The minimum Gasteiger partial charge on any atom is -0.310 e. The molecule has 0 bridgehead atoms. The highest BCUT2D eigenvalue weighted by molar-refractivity contribution is 4.97. The summed E-state index contributed by atoms with van der Waals surface area (Å²) in [6, 6.07) is 2.47. The van der Waals surface area contributed by atoms with Gasteiger partial charge in [-0.3, -0.25) is 4.90 Å². The zero-order valence-electron chi connectivity index (χ0n) is 11.9.